The first-order valence-electron chi connectivity index (χ1n) is 9.14. The van der Waals surface area contributed by atoms with E-state index in [1.165, 1.54) is 0 Å². The van der Waals surface area contributed by atoms with Gasteiger partial charge in [-0.05, 0) is 18.3 Å². The second-order valence-corrected chi connectivity index (χ2v) is 7.82. The monoisotopic (exact) mass is 442 g/mol. The maximum absolute atomic E-state index is 10.2. The molecule has 2 rings (SSSR count). The van der Waals surface area contributed by atoms with Gasteiger partial charge in [-0.2, -0.15) is 0 Å². The van der Waals surface area contributed by atoms with Crippen LogP contribution in [0.4, 0.5) is 0 Å². The molecule has 0 aromatic rings. The van der Waals surface area contributed by atoms with Crippen LogP contribution in [0.15, 0.2) is 0 Å². The minimum Gasteiger partial charge on any atom is -0.394 e. The molecule has 9 heteroatoms. The fraction of sp³-hybridized carbons (Fsp3) is 1.00. The molecule has 26 heavy (non-hydrogen) atoms. The number of alkyl halides is 1. The van der Waals surface area contributed by atoms with Gasteiger partial charge < -0.3 is 39.4 Å². The van der Waals surface area contributed by atoms with Crippen LogP contribution in [0.1, 0.15) is 27.2 Å². The number of ether oxygens (including phenoxy) is 4. The Morgan fingerprint density at radius 1 is 0.923 bits per heavy atom. The molecular weight excluding hydrogens is 412 g/mol. The van der Waals surface area contributed by atoms with Crippen LogP contribution >= 0.6 is 15.9 Å². The third-order valence-electron chi connectivity index (χ3n) is 5.41. The fourth-order valence-electron chi connectivity index (χ4n) is 3.54. The lowest BCUT2D eigenvalue weighted by Gasteiger charge is -2.47. The van der Waals surface area contributed by atoms with Crippen molar-refractivity contribution in [2.45, 2.75) is 76.4 Å². The number of aliphatic hydroxyl groups excluding tert-OH is 4. The van der Waals surface area contributed by atoms with Crippen molar-refractivity contribution in [1.82, 2.24) is 0 Å². The van der Waals surface area contributed by atoms with E-state index in [0.717, 1.165) is 6.42 Å². The summed E-state index contributed by atoms with van der Waals surface area (Å²) in [4.78, 5) is 0. The van der Waals surface area contributed by atoms with E-state index in [-0.39, 0.29) is 17.9 Å². The highest BCUT2D eigenvalue weighted by atomic mass is 79.9. The van der Waals surface area contributed by atoms with Crippen LogP contribution < -0.4 is 0 Å². The predicted octanol–water partition coefficient (Wildman–Crippen LogP) is -0.00990. The van der Waals surface area contributed by atoms with Crippen molar-refractivity contribution >= 4 is 15.9 Å². The summed E-state index contributed by atoms with van der Waals surface area (Å²) < 4.78 is 23.3. The number of rotatable bonds is 7. The zero-order valence-corrected chi connectivity index (χ0v) is 17.0. The standard InChI is InChI=1S/C17H31BrO8/c1-4-10-8(2)9(3)15(17(24-10)23-6-5-18)26-16-14(22)13(21)12(20)11(7-19)25-16/h8-17,19-22H,4-7H2,1-3H3/t8-,9-,10?,11?,12+,13-,14?,15?,16+,17-/m0/s1. The van der Waals surface area contributed by atoms with Gasteiger partial charge in [0.2, 0.25) is 0 Å². The summed E-state index contributed by atoms with van der Waals surface area (Å²) in [5.74, 6) is 0.236. The quantitative estimate of drug-likeness (QED) is 0.406. The Balaban J connectivity index is 2.14. The topological polar surface area (TPSA) is 118 Å². The van der Waals surface area contributed by atoms with Crippen molar-refractivity contribution in [3.63, 3.8) is 0 Å². The van der Waals surface area contributed by atoms with Gasteiger partial charge in [-0.15, -0.1) is 0 Å². The van der Waals surface area contributed by atoms with Crippen LogP contribution in [-0.4, -0.2) is 88.2 Å². The molecule has 0 saturated carbocycles. The van der Waals surface area contributed by atoms with Crippen molar-refractivity contribution in [1.29, 1.82) is 0 Å². The molecular formula is C17H31BrO8. The SMILES string of the molecule is CCC1O[C@H](OCCBr)C(O[C@H]2OC(CO)[C@@H](O)[C@H](O)C2O)[C@@H](C)[C@@H]1C. The summed E-state index contributed by atoms with van der Waals surface area (Å²) in [5, 5.41) is 40.1. The number of aliphatic hydroxyl groups is 4. The maximum atomic E-state index is 10.2. The molecule has 2 aliphatic heterocycles. The Hall–Kier alpha value is 0.160. The van der Waals surface area contributed by atoms with Crippen LogP contribution in [0.3, 0.4) is 0 Å². The lowest BCUT2D eigenvalue weighted by Crippen LogP contribution is -2.61. The lowest BCUT2D eigenvalue weighted by molar-refractivity contribution is -0.355. The van der Waals surface area contributed by atoms with Gasteiger partial charge in [-0.25, -0.2) is 0 Å². The van der Waals surface area contributed by atoms with Crippen LogP contribution in [0, 0.1) is 11.8 Å². The summed E-state index contributed by atoms with van der Waals surface area (Å²) in [6.07, 6.45) is -6.87. The Bertz CT molecular complexity index is 426. The molecule has 0 spiro atoms. The van der Waals surface area contributed by atoms with E-state index in [0.29, 0.717) is 11.9 Å². The maximum Gasteiger partial charge on any atom is 0.187 e. The van der Waals surface area contributed by atoms with Crippen LogP contribution in [-0.2, 0) is 18.9 Å². The molecule has 0 radical (unpaired) electrons. The minimum absolute atomic E-state index is 0.0278. The minimum atomic E-state index is -1.48. The lowest BCUT2D eigenvalue weighted by atomic mass is 9.82. The smallest absolute Gasteiger partial charge is 0.187 e. The third-order valence-corrected chi connectivity index (χ3v) is 5.74. The van der Waals surface area contributed by atoms with Crippen molar-refractivity contribution in [2.24, 2.45) is 11.8 Å². The van der Waals surface area contributed by atoms with Gasteiger partial charge >= 0.3 is 0 Å². The molecule has 0 aromatic carbocycles. The summed E-state index contributed by atoms with van der Waals surface area (Å²) in [5.41, 5.74) is 0. The first-order valence-corrected chi connectivity index (χ1v) is 10.3. The normalized spacial score (nSPS) is 47.1. The van der Waals surface area contributed by atoms with Gasteiger partial charge in [0.15, 0.2) is 12.6 Å². The molecule has 0 aliphatic carbocycles. The van der Waals surface area contributed by atoms with Crippen LogP contribution in [0.5, 0.6) is 0 Å². The third kappa shape index (κ3) is 4.76. The van der Waals surface area contributed by atoms with Crippen LogP contribution in [0.2, 0.25) is 0 Å². The zero-order valence-electron chi connectivity index (χ0n) is 15.4. The highest BCUT2D eigenvalue weighted by Gasteiger charge is 2.49. The molecule has 10 atom stereocenters. The van der Waals surface area contributed by atoms with Gasteiger partial charge in [0.05, 0.1) is 19.3 Å². The average Bonchev–Trinajstić information content (AvgIpc) is 2.64. The molecule has 2 fully saturated rings. The van der Waals surface area contributed by atoms with E-state index in [9.17, 15) is 20.4 Å². The van der Waals surface area contributed by atoms with E-state index in [4.69, 9.17) is 18.9 Å². The molecule has 0 aromatic heterocycles. The van der Waals surface area contributed by atoms with E-state index in [1.54, 1.807) is 0 Å². The van der Waals surface area contributed by atoms with Crippen molar-refractivity contribution in [3.8, 4) is 0 Å². The summed E-state index contributed by atoms with van der Waals surface area (Å²) >= 11 is 3.32. The Kier molecular flexibility index (Phi) is 8.71. The molecule has 2 aliphatic rings. The molecule has 4 unspecified atom stereocenters. The van der Waals surface area contributed by atoms with Gasteiger partial charge in [-0.1, -0.05) is 36.7 Å². The van der Waals surface area contributed by atoms with Gasteiger partial charge in [0.25, 0.3) is 0 Å². The van der Waals surface area contributed by atoms with Gasteiger partial charge in [0.1, 0.15) is 30.5 Å². The summed E-state index contributed by atoms with van der Waals surface area (Å²) in [6, 6.07) is 0. The Morgan fingerprint density at radius 2 is 1.58 bits per heavy atom. The van der Waals surface area contributed by atoms with E-state index >= 15 is 0 Å². The van der Waals surface area contributed by atoms with Gasteiger partial charge in [0, 0.05) is 5.33 Å². The van der Waals surface area contributed by atoms with E-state index in [1.807, 2.05) is 13.8 Å². The number of halogens is 1. The summed E-state index contributed by atoms with van der Waals surface area (Å²) in [7, 11) is 0. The second-order valence-electron chi connectivity index (χ2n) is 7.03. The van der Waals surface area contributed by atoms with E-state index < -0.39 is 49.7 Å². The molecule has 4 N–H and O–H groups in total. The Labute approximate surface area is 162 Å². The molecule has 154 valence electrons. The largest absolute Gasteiger partial charge is 0.394 e. The van der Waals surface area contributed by atoms with E-state index in [2.05, 4.69) is 22.9 Å². The molecule has 2 saturated heterocycles. The molecule has 0 bridgehead atoms. The second kappa shape index (κ2) is 10.1. The molecule has 8 nitrogen and oxygen atoms in total. The highest BCUT2D eigenvalue weighted by Crippen LogP contribution is 2.36. The van der Waals surface area contributed by atoms with Crippen molar-refractivity contribution in [3.05, 3.63) is 0 Å². The molecule has 0 amide bonds. The predicted molar refractivity (Wildman–Crippen MR) is 95.7 cm³/mol. The zero-order chi connectivity index (χ0) is 19.4. The summed E-state index contributed by atoms with van der Waals surface area (Å²) in [6.45, 7) is 6.07. The molecule has 2 heterocycles. The fourth-order valence-corrected chi connectivity index (χ4v) is 3.73. The first kappa shape index (κ1) is 22.4. The number of hydrogen-bond acceptors (Lipinski definition) is 8. The highest BCUT2D eigenvalue weighted by molar-refractivity contribution is 9.09. The van der Waals surface area contributed by atoms with Crippen molar-refractivity contribution in [2.75, 3.05) is 18.5 Å². The van der Waals surface area contributed by atoms with Crippen LogP contribution in [0.25, 0.3) is 0 Å². The average molecular weight is 443 g/mol. The van der Waals surface area contributed by atoms with Gasteiger partial charge in [-0.3, -0.25) is 0 Å². The number of hydrogen-bond donors (Lipinski definition) is 4. The van der Waals surface area contributed by atoms with Crippen molar-refractivity contribution < 1.29 is 39.4 Å². The first-order chi connectivity index (χ1) is 12.3. The Morgan fingerprint density at radius 3 is 2.15 bits per heavy atom.